The maximum Gasteiger partial charge on any atom is 0.418 e. The number of carbonyl (C=O) groups excluding carboxylic acids is 1. The second kappa shape index (κ2) is 7.84. The van der Waals surface area contributed by atoms with Crippen LogP contribution in [0, 0.1) is 0 Å². The molecule has 8 nitrogen and oxygen atoms in total. The Hall–Kier alpha value is -2.01. The zero-order chi connectivity index (χ0) is 22.6. The largest absolute Gasteiger partial charge is 0.462 e. The van der Waals surface area contributed by atoms with Gasteiger partial charge in [0.2, 0.25) is 0 Å². The van der Waals surface area contributed by atoms with E-state index in [1.165, 1.54) is 4.90 Å². The van der Waals surface area contributed by atoms with E-state index in [1.54, 1.807) is 51.1 Å². The number of ether oxygens (including phenoxy) is 4. The van der Waals surface area contributed by atoms with Gasteiger partial charge < -0.3 is 18.9 Å². The lowest BCUT2D eigenvalue weighted by Crippen LogP contribution is -2.47. The predicted octanol–water partition coefficient (Wildman–Crippen LogP) is 2.82. The first-order valence-corrected chi connectivity index (χ1v) is 12.0. The van der Waals surface area contributed by atoms with Gasteiger partial charge in [0.1, 0.15) is 18.2 Å². The molecule has 3 aliphatic heterocycles. The molecule has 1 amide bonds. The quantitative estimate of drug-likeness (QED) is 0.466. The molecular weight excluding hydrogens is 442 g/mol. The zero-order valence-corrected chi connectivity index (χ0v) is 19.1. The normalized spacial score (nSPS) is 32.0. The fourth-order valence-electron chi connectivity index (χ4n) is 4.35. The van der Waals surface area contributed by atoms with Gasteiger partial charge in [-0.1, -0.05) is 30.4 Å². The number of thiocarbonyl (C=S) groups is 1. The van der Waals surface area contributed by atoms with E-state index in [-0.39, 0.29) is 22.2 Å². The Kier molecular flexibility index (Phi) is 5.61. The van der Waals surface area contributed by atoms with Crippen LogP contribution in [0.2, 0.25) is 0 Å². The number of nitrogens with zero attached hydrogens (tertiary/aromatic N) is 1. The molecule has 0 spiro atoms. The van der Waals surface area contributed by atoms with Crippen LogP contribution in [0.25, 0.3) is 0 Å². The molecule has 3 heterocycles. The Bertz CT molecular complexity index is 1010. The topological polar surface area (TPSA) is 91.4 Å². The third-order valence-electron chi connectivity index (χ3n) is 5.56. The van der Waals surface area contributed by atoms with Crippen molar-refractivity contribution in [3.63, 3.8) is 0 Å². The fourth-order valence-corrected chi connectivity index (χ4v) is 6.06. The van der Waals surface area contributed by atoms with Crippen LogP contribution in [-0.2, 0) is 28.8 Å². The molecule has 4 rings (SSSR count). The molecule has 3 aliphatic rings. The summed E-state index contributed by atoms with van der Waals surface area (Å²) in [6.07, 6.45) is -2.44. The molecule has 0 aromatic heterocycles. The molecule has 0 aliphatic carbocycles. The molecule has 0 unspecified atom stereocenters. The lowest BCUT2D eigenvalue weighted by Gasteiger charge is -2.26. The average molecular weight is 468 g/mol. The van der Waals surface area contributed by atoms with E-state index < -0.39 is 52.2 Å². The molecule has 10 heteroatoms. The second-order valence-corrected chi connectivity index (χ2v) is 10.8. The molecular formula is C21H25NO7S2. The van der Waals surface area contributed by atoms with Crippen molar-refractivity contribution < 1.29 is 32.2 Å². The van der Waals surface area contributed by atoms with Crippen molar-refractivity contribution in [1.29, 1.82) is 0 Å². The van der Waals surface area contributed by atoms with E-state index in [0.717, 1.165) is 0 Å². The van der Waals surface area contributed by atoms with Crippen molar-refractivity contribution in [2.45, 2.75) is 68.3 Å². The van der Waals surface area contributed by atoms with Gasteiger partial charge in [0.15, 0.2) is 21.7 Å². The van der Waals surface area contributed by atoms with E-state index >= 15 is 0 Å². The summed E-state index contributed by atoms with van der Waals surface area (Å²) in [5, 5.41) is 0.0434. The lowest BCUT2D eigenvalue weighted by molar-refractivity contribution is -0.154. The number of cyclic esters (lactones) is 1. The summed E-state index contributed by atoms with van der Waals surface area (Å²) in [7, 11) is -3.53. The highest BCUT2D eigenvalue weighted by Gasteiger charge is 2.59. The Morgan fingerprint density at radius 2 is 1.84 bits per heavy atom. The second-order valence-electron chi connectivity index (χ2n) is 8.46. The smallest absolute Gasteiger partial charge is 0.418 e. The van der Waals surface area contributed by atoms with Gasteiger partial charge in [0.25, 0.3) is 5.17 Å². The predicted molar refractivity (Wildman–Crippen MR) is 115 cm³/mol. The van der Waals surface area contributed by atoms with Gasteiger partial charge in [-0.05, 0) is 51.5 Å². The van der Waals surface area contributed by atoms with Gasteiger partial charge in [-0.2, -0.15) is 0 Å². The highest BCUT2D eigenvalue weighted by Crippen LogP contribution is 2.41. The molecule has 5 atom stereocenters. The van der Waals surface area contributed by atoms with Gasteiger partial charge in [-0.3, -0.25) is 0 Å². The summed E-state index contributed by atoms with van der Waals surface area (Å²) >= 11 is 5.22. The highest BCUT2D eigenvalue weighted by molar-refractivity contribution is 7.91. The van der Waals surface area contributed by atoms with Crippen LogP contribution in [0.15, 0.2) is 47.4 Å². The van der Waals surface area contributed by atoms with E-state index in [1.807, 2.05) is 0 Å². The number of fused-ring (bicyclic) bond motifs is 1. The summed E-state index contributed by atoms with van der Waals surface area (Å²) in [4.78, 5) is 13.7. The Morgan fingerprint density at radius 3 is 2.52 bits per heavy atom. The summed E-state index contributed by atoms with van der Waals surface area (Å²) in [5.74, 6) is -1.12. The first kappa shape index (κ1) is 22.2. The molecule has 0 radical (unpaired) electrons. The maximum absolute atomic E-state index is 12.7. The standard InChI is InChI=1S/C21H25NO7S2/c1-12(11-31(24,25)14-8-6-5-7-9-14)10-15-17(29-21(3,4)28-15)18-16-13(2)26-19(23)22(16)20(30)27-18/h5-9,13,15-18H,1,10-11H2,2-4H3/t13-,15-,16+,17+,18-/m1/s1. The van der Waals surface area contributed by atoms with Gasteiger partial charge >= 0.3 is 6.09 Å². The van der Waals surface area contributed by atoms with Crippen LogP contribution < -0.4 is 0 Å². The summed E-state index contributed by atoms with van der Waals surface area (Å²) < 4.78 is 48.7. The molecule has 31 heavy (non-hydrogen) atoms. The maximum atomic E-state index is 12.7. The molecule has 1 aromatic carbocycles. The molecule has 0 bridgehead atoms. The Morgan fingerprint density at radius 1 is 1.16 bits per heavy atom. The number of hydrogen-bond donors (Lipinski definition) is 0. The first-order chi connectivity index (χ1) is 14.5. The molecule has 1 aromatic rings. The van der Waals surface area contributed by atoms with Crippen molar-refractivity contribution in [2.75, 3.05) is 5.75 Å². The van der Waals surface area contributed by atoms with E-state index in [4.69, 9.17) is 31.2 Å². The highest BCUT2D eigenvalue weighted by atomic mass is 32.2. The number of rotatable bonds is 6. The number of sulfone groups is 1. The van der Waals surface area contributed by atoms with Gasteiger partial charge in [0, 0.05) is 0 Å². The fraction of sp³-hybridized carbons (Fsp3) is 0.524. The van der Waals surface area contributed by atoms with Crippen LogP contribution in [0.4, 0.5) is 4.79 Å². The van der Waals surface area contributed by atoms with Gasteiger partial charge in [-0.25, -0.2) is 18.1 Å². The molecule has 3 saturated heterocycles. The first-order valence-electron chi connectivity index (χ1n) is 9.99. The third-order valence-corrected chi connectivity index (χ3v) is 7.64. The van der Waals surface area contributed by atoms with Crippen molar-refractivity contribution in [3.05, 3.63) is 42.5 Å². The van der Waals surface area contributed by atoms with Crippen LogP contribution >= 0.6 is 12.2 Å². The van der Waals surface area contributed by atoms with E-state index in [0.29, 0.717) is 5.57 Å². The SMILES string of the molecule is C=C(C[C@H]1OC(C)(C)O[C@@H]1[C@@H]1OC(=S)N2C(=O)O[C@H](C)[C@@H]12)CS(=O)(=O)c1ccccc1. The van der Waals surface area contributed by atoms with Crippen molar-refractivity contribution in [1.82, 2.24) is 4.90 Å². The number of amides is 1. The molecule has 3 fully saturated rings. The third kappa shape index (κ3) is 4.21. The van der Waals surface area contributed by atoms with Crippen LogP contribution in [0.3, 0.4) is 0 Å². The van der Waals surface area contributed by atoms with Gasteiger partial charge in [-0.15, -0.1) is 0 Å². The Labute approximate surface area is 187 Å². The Balaban J connectivity index is 1.51. The van der Waals surface area contributed by atoms with Crippen LogP contribution in [0.1, 0.15) is 27.2 Å². The average Bonchev–Trinajstić information content (AvgIpc) is 3.27. The summed E-state index contributed by atoms with van der Waals surface area (Å²) in [6.45, 7) is 9.29. The monoisotopic (exact) mass is 467 g/mol. The van der Waals surface area contributed by atoms with Crippen molar-refractivity contribution >= 4 is 33.3 Å². The number of benzene rings is 1. The lowest BCUT2D eigenvalue weighted by atomic mass is 9.95. The summed E-state index contributed by atoms with van der Waals surface area (Å²) in [5.41, 5.74) is 0.490. The van der Waals surface area contributed by atoms with Crippen molar-refractivity contribution in [2.24, 2.45) is 0 Å². The molecule has 0 N–H and O–H groups in total. The minimum Gasteiger partial charge on any atom is -0.462 e. The summed E-state index contributed by atoms with van der Waals surface area (Å²) in [6, 6.07) is 7.80. The molecule has 0 saturated carbocycles. The van der Waals surface area contributed by atoms with E-state index in [9.17, 15) is 13.2 Å². The van der Waals surface area contributed by atoms with E-state index in [2.05, 4.69) is 6.58 Å². The van der Waals surface area contributed by atoms with Gasteiger partial charge in [0.05, 0.1) is 16.8 Å². The minimum atomic E-state index is -3.53. The van der Waals surface area contributed by atoms with Crippen LogP contribution in [-0.4, -0.2) is 66.6 Å². The number of hydrogen-bond acceptors (Lipinski definition) is 8. The van der Waals surface area contributed by atoms with Crippen molar-refractivity contribution in [3.8, 4) is 0 Å². The molecule has 168 valence electrons. The zero-order valence-electron chi connectivity index (χ0n) is 17.5. The number of carbonyl (C=O) groups is 1. The minimum absolute atomic E-state index is 0.0434. The van der Waals surface area contributed by atoms with Crippen LogP contribution in [0.5, 0.6) is 0 Å².